The van der Waals surface area contributed by atoms with Crippen molar-refractivity contribution in [3.8, 4) is 0 Å². The van der Waals surface area contributed by atoms with Crippen molar-refractivity contribution in [2.75, 3.05) is 53.4 Å². The number of nitrogens with one attached hydrogen (secondary N) is 6. The zero-order valence-corrected chi connectivity index (χ0v) is 45.0. The SMILES string of the molecule is CC.CN[C@@H](C)C(=O)N[C@H](C(=O)N1CCC[C@H]1C(=O)NC(C(=O)N1CCN(C(=O)[C@@H](NC(=O)[C@@H]2CCCN2C(=O)[C@@H](NC(=O)[C@H](C)NC)C(C)(C)C)C2CCCCC2)CC1)C1CCCCC1)C(C)(C)C. The number of likely N-dealkylation sites (tertiary alicyclic amines) is 2. The molecule has 0 spiro atoms. The first-order valence-electron chi connectivity index (χ1n) is 26.8. The van der Waals surface area contributed by atoms with Gasteiger partial charge >= 0.3 is 0 Å². The molecule has 8 atom stereocenters. The molecule has 70 heavy (non-hydrogen) atoms. The number of amides is 8. The van der Waals surface area contributed by atoms with E-state index >= 15 is 0 Å². The van der Waals surface area contributed by atoms with Crippen LogP contribution in [0.1, 0.15) is 159 Å². The van der Waals surface area contributed by atoms with Crippen LogP contribution in [0.25, 0.3) is 0 Å². The fourth-order valence-corrected chi connectivity index (χ4v) is 10.8. The van der Waals surface area contributed by atoms with Crippen LogP contribution in [0.4, 0.5) is 0 Å². The maximum atomic E-state index is 14.6. The minimum absolute atomic E-state index is 0.0742. The number of nitrogens with zero attached hydrogens (tertiary/aromatic N) is 4. The van der Waals surface area contributed by atoms with Crippen LogP contribution in [0.15, 0.2) is 0 Å². The van der Waals surface area contributed by atoms with E-state index in [1.165, 1.54) is 0 Å². The van der Waals surface area contributed by atoms with Crippen LogP contribution in [0.3, 0.4) is 0 Å². The van der Waals surface area contributed by atoms with Gasteiger partial charge < -0.3 is 51.5 Å². The number of likely N-dealkylation sites (N-methyl/N-ethyl adjacent to an activating group) is 2. The first-order chi connectivity index (χ1) is 33.1. The molecular formula is C52H92N10O8. The Hall–Kier alpha value is -4.32. The molecule has 0 bridgehead atoms. The average Bonchev–Trinajstić information content (AvgIpc) is 4.06. The molecule has 5 fully saturated rings. The minimum Gasteiger partial charge on any atom is -0.342 e. The molecule has 5 rings (SSSR count). The molecule has 2 aliphatic carbocycles. The smallest absolute Gasteiger partial charge is 0.246 e. The Labute approximate surface area is 419 Å². The second kappa shape index (κ2) is 26.4. The molecule has 18 heteroatoms. The quantitative estimate of drug-likeness (QED) is 0.133. The summed E-state index contributed by atoms with van der Waals surface area (Å²) in [6.45, 7) is 20.5. The highest BCUT2D eigenvalue weighted by atomic mass is 16.2. The van der Waals surface area contributed by atoms with Gasteiger partial charge in [-0.05, 0) is 102 Å². The summed E-state index contributed by atoms with van der Waals surface area (Å²) < 4.78 is 0. The number of piperazine rings is 1. The Balaban J connectivity index is 0.00000526. The van der Waals surface area contributed by atoms with E-state index in [4.69, 9.17) is 0 Å². The fraction of sp³-hybridized carbons (Fsp3) is 0.846. The van der Waals surface area contributed by atoms with Gasteiger partial charge in [0.05, 0.1) is 12.1 Å². The molecule has 0 aromatic rings. The van der Waals surface area contributed by atoms with E-state index in [2.05, 4.69) is 31.9 Å². The first-order valence-corrected chi connectivity index (χ1v) is 26.8. The van der Waals surface area contributed by atoms with E-state index in [1.54, 1.807) is 47.5 Å². The van der Waals surface area contributed by atoms with Crippen molar-refractivity contribution in [1.29, 1.82) is 0 Å². The van der Waals surface area contributed by atoms with Crippen molar-refractivity contribution in [1.82, 2.24) is 51.5 Å². The van der Waals surface area contributed by atoms with Crippen LogP contribution >= 0.6 is 0 Å². The molecule has 3 heterocycles. The van der Waals surface area contributed by atoms with Gasteiger partial charge in [-0.3, -0.25) is 38.4 Å². The van der Waals surface area contributed by atoms with Gasteiger partial charge in [0.2, 0.25) is 47.3 Å². The molecule has 1 unspecified atom stereocenters. The molecule has 5 aliphatic rings. The summed E-state index contributed by atoms with van der Waals surface area (Å²) in [5.74, 6) is -2.53. The molecule has 398 valence electrons. The number of carbonyl (C=O) groups is 8. The molecule has 3 saturated heterocycles. The normalized spacial score (nSPS) is 23.1. The molecule has 2 saturated carbocycles. The van der Waals surface area contributed by atoms with Crippen LogP contribution in [0, 0.1) is 22.7 Å². The average molecular weight is 985 g/mol. The van der Waals surface area contributed by atoms with Crippen molar-refractivity contribution in [2.45, 2.75) is 207 Å². The van der Waals surface area contributed by atoms with Gasteiger partial charge in [-0.2, -0.15) is 0 Å². The van der Waals surface area contributed by atoms with Crippen LogP contribution in [0.2, 0.25) is 0 Å². The molecule has 18 nitrogen and oxygen atoms in total. The first kappa shape index (κ1) is 58.3. The molecule has 6 N–H and O–H groups in total. The summed E-state index contributed by atoms with van der Waals surface area (Å²) in [5.41, 5.74) is -1.26. The lowest BCUT2D eigenvalue weighted by Crippen LogP contribution is -2.63. The molecule has 0 aromatic carbocycles. The summed E-state index contributed by atoms with van der Waals surface area (Å²) in [7, 11) is 3.35. The lowest BCUT2D eigenvalue weighted by molar-refractivity contribution is -0.148. The van der Waals surface area contributed by atoms with Crippen LogP contribution in [0.5, 0.6) is 0 Å². The maximum absolute atomic E-state index is 14.6. The van der Waals surface area contributed by atoms with Gasteiger partial charge in [-0.25, -0.2) is 0 Å². The van der Waals surface area contributed by atoms with Crippen molar-refractivity contribution >= 4 is 47.3 Å². The third-order valence-electron chi connectivity index (χ3n) is 15.4. The summed E-state index contributed by atoms with van der Waals surface area (Å²) in [5, 5.41) is 18.0. The predicted octanol–water partition coefficient (Wildman–Crippen LogP) is 3.07. The minimum atomic E-state index is -0.860. The number of rotatable bonds is 16. The highest BCUT2D eigenvalue weighted by Gasteiger charge is 2.47. The predicted molar refractivity (Wildman–Crippen MR) is 271 cm³/mol. The monoisotopic (exact) mass is 985 g/mol. The molecule has 0 radical (unpaired) electrons. The fourth-order valence-electron chi connectivity index (χ4n) is 10.8. The Bertz CT molecular complexity index is 1670. The van der Waals surface area contributed by atoms with Gasteiger partial charge in [0, 0.05) is 39.3 Å². The Morgan fingerprint density at radius 1 is 0.429 bits per heavy atom. The highest BCUT2D eigenvalue weighted by Crippen LogP contribution is 2.32. The maximum Gasteiger partial charge on any atom is 0.246 e. The molecule has 3 aliphatic heterocycles. The number of hydrogen-bond acceptors (Lipinski definition) is 10. The van der Waals surface area contributed by atoms with Gasteiger partial charge in [-0.1, -0.05) is 93.9 Å². The van der Waals surface area contributed by atoms with Crippen molar-refractivity contribution in [3.63, 3.8) is 0 Å². The standard InChI is InChI=1S/C50H86N10O8.C2H6/c1-31(51-9)41(61)55-39(49(3,4)5)47(67)59-25-17-23-35(59)43(63)53-37(33-19-13-11-14-20-33)45(65)57-27-29-58(30-28-57)46(66)38(34-21-15-12-16-22-34)54-44(64)36-24-18-26-60(36)48(68)40(50(6,7)8)56-42(62)32(2)52-10;1-2/h31-40,51-52H,11-30H2,1-10H3,(H,53,63)(H,54,64)(H,55,61)(H,56,62);1-2H3/t31-,32-,35-,36-,37-,38?,39+,40+;/m0./s1. The molecule has 0 aromatic heterocycles. The van der Waals surface area contributed by atoms with Crippen molar-refractivity contribution in [3.05, 3.63) is 0 Å². The van der Waals surface area contributed by atoms with Gasteiger partial charge in [0.25, 0.3) is 0 Å². The Morgan fingerprint density at radius 3 is 1.03 bits per heavy atom. The Morgan fingerprint density at radius 2 is 0.743 bits per heavy atom. The summed E-state index contributed by atoms with van der Waals surface area (Å²) in [4.78, 5) is 119. The summed E-state index contributed by atoms with van der Waals surface area (Å²) in [6.07, 6.45) is 11.2. The van der Waals surface area contributed by atoms with E-state index in [0.717, 1.165) is 64.2 Å². The molecule has 8 amide bonds. The van der Waals surface area contributed by atoms with E-state index in [0.29, 0.717) is 38.8 Å². The molecular weight excluding hydrogens is 893 g/mol. The largest absolute Gasteiger partial charge is 0.342 e. The van der Waals surface area contributed by atoms with E-state index in [-0.39, 0.29) is 85.3 Å². The zero-order chi connectivity index (χ0) is 52.1. The van der Waals surface area contributed by atoms with Crippen molar-refractivity contribution < 1.29 is 38.4 Å². The van der Waals surface area contributed by atoms with Gasteiger partial charge in [-0.15, -0.1) is 0 Å². The topological polar surface area (TPSA) is 222 Å². The Kier molecular flexibility index (Phi) is 22.0. The number of carbonyl (C=O) groups excluding carboxylic acids is 8. The van der Waals surface area contributed by atoms with E-state index in [1.807, 2.05) is 55.4 Å². The van der Waals surface area contributed by atoms with E-state index in [9.17, 15) is 38.4 Å². The third-order valence-corrected chi connectivity index (χ3v) is 15.4. The summed E-state index contributed by atoms with van der Waals surface area (Å²) >= 11 is 0. The zero-order valence-electron chi connectivity index (χ0n) is 45.0. The second-order valence-corrected chi connectivity index (χ2v) is 22.4. The third kappa shape index (κ3) is 14.9. The highest BCUT2D eigenvalue weighted by molar-refractivity contribution is 5.97. The van der Waals surface area contributed by atoms with Crippen LogP contribution < -0.4 is 31.9 Å². The van der Waals surface area contributed by atoms with Gasteiger partial charge in [0.1, 0.15) is 36.3 Å². The second-order valence-electron chi connectivity index (χ2n) is 22.4. The van der Waals surface area contributed by atoms with Gasteiger partial charge in [0.15, 0.2) is 0 Å². The lowest BCUT2D eigenvalue weighted by Gasteiger charge is -2.41. The summed E-state index contributed by atoms with van der Waals surface area (Å²) in [6, 6.07) is -5.89. The number of hydrogen-bond donors (Lipinski definition) is 6. The van der Waals surface area contributed by atoms with E-state index < -0.39 is 59.2 Å². The van der Waals surface area contributed by atoms with Crippen LogP contribution in [-0.2, 0) is 38.4 Å². The van der Waals surface area contributed by atoms with Crippen molar-refractivity contribution in [2.24, 2.45) is 22.7 Å². The lowest BCUT2D eigenvalue weighted by atomic mass is 9.82. The van der Waals surface area contributed by atoms with Crippen LogP contribution in [-0.4, -0.2) is 169 Å².